The maximum atomic E-state index is 13.2. The number of aliphatic hydroxyl groups excluding tert-OH is 1. The number of benzene rings is 1. The van der Waals surface area contributed by atoms with Crippen LogP contribution in [0.2, 0.25) is 0 Å². The van der Waals surface area contributed by atoms with Crippen molar-refractivity contribution in [2.45, 2.75) is 57.3 Å². The molecule has 3 saturated carbocycles. The standard InChI is InChI=1S/C24H29F3N4O4/c1-14(33)20(28)15-5-2-3-6-16(15)29-9-19(34)31-8-4-7-17(31)21(35)30-18(10-32)22-11-23(12-22,13-22)24(25,26)27/h2-3,5-6,17-18,28-29,32H,4,7-13H2,1H3,(H,30,35)/t17-,18+,22?,23?/m0/s1. The van der Waals surface area contributed by atoms with Crippen LogP contribution in [0.4, 0.5) is 18.9 Å². The van der Waals surface area contributed by atoms with Gasteiger partial charge in [0.1, 0.15) is 11.8 Å². The average molecular weight is 495 g/mol. The van der Waals surface area contributed by atoms with E-state index < -0.39 is 47.4 Å². The van der Waals surface area contributed by atoms with Crippen LogP contribution < -0.4 is 10.6 Å². The Morgan fingerprint density at radius 3 is 2.49 bits per heavy atom. The number of aliphatic hydroxyl groups is 1. The molecule has 8 nitrogen and oxygen atoms in total. The third-order valence-electron chi connectivity index (χ3n) is 7.77. The minimum absolute atomic E-state index is 0.0963. The topological polar surface area (TPSA) is 123 Å². The Hall–Kier alpha value is -2.95. The number of carbonyl (C=O) groups is 3. The summed E-state index contributed by atoms with van der Waals surface area (Å²) in [4.78, 5) is 38.9. The van der Waals surface area contributed by atoms with Crippen LogP contribution in [0.3, 0.4) is 0 Å². The molecule has 5 rings (SSSR count). The van der Waals surface area contributed by atoms with Crippen LogP contribution in [0, 0.1) is 16.2 Å². The minimum atomic E-state index is -4.28. The number of anilines is 1. The molecular weight excluding hydrogens is 465 g/mol. The summed E-state index contributed by atoms with van der Waals surface area (Å²) in [7, 11) is 0. The van der Waals surface area contributed by atoms with E-state index in [1.54, 1.807) is 24.3 Å². The molecule has 11 heteroatoms. The van der Waals surface area contributed by atoms with Crippen LogP contribution >= 0.6 is 0 Å². The van der Waals surface area contributed by atoms with Gasteiger partial charge in [0.2, 0.25) is 11.8 Å². The summed E-state index contributed by atoms with van der Waals surface area (Å²) in [5.74, 6) is -1.24. The van der Waals surface area contributed by atoms with Crippen molar-refractivity contribution in [1.29, 1.82) is 5.41 Å². The highest BCUT2D eigenvalue weighted by Crippen LogP contribution is 2.79. The van der Waals surface area contributed by atoms with Crippen molar-refractivity contribution in [2.75, 3.05) is 25.0 Å². The number of halogens is 3. The zero-order valence-corrected chi connectivity index (χ0v) is 19.4. The molecule has 1 aliphatic heterocycles. The second-order valence-corrected chi connectivity index (χ2v) is 9.99. The van der Waals surface area contributed by atoms with Gasteiger partial charge in [0.05, 0.1) is 24.6 Å². The van der Waals surface area contributed by atoms with Gasteiger partial charge in [-0.25, -0.2) is 0 Å². The van der Waals surface area contributed by atoms with E-state index in [0.29, 0.717) is 30.6 Å². The van der Waals surface area contributed by atoms with Gasteiger partial charge >= 0.3 is 6.18 Å². The van der Waals surface area contributed by atoms with Crippen LogP contribution in [-0.4, -0.2) is 71.3 Å². The van der Waals surface area contributed by atoms with E-state index in [2.05, 4.69) is 10.6 Å². The molecule has 0 aromatic heterocycles. The molecule has 1 saturated heterocycles. The summed E-state index contributed by atoms with van der Waals surface area (Å²) in [5.41, 5.74) is -1.79. The average Bonchev–Trinajstić information content (AvgIpc) is 3.23. The summed E-state index contributed by atoms with van der Waals surface area (Å²) >= 11 is 0. The molecule has 2 amide bonds. The molecule has 3 aliphatic carbocycles. The summed E-state index contributed by atoms with van der Waals surface area (Å²) in [6.45, 7) is 1.02. The van der Waals surface area contributed by atoms with Gasteiger partial charge in [-0.15, -0.1) is 0 Å². The van der Waals surface area contributed by atoms with E-state index in [1.807, 2.05) is 0 Å². The Bertz CT molecular complexity index is 1040. The van der Waals surface area contributed by atoms with Gasteiger partial charge < -0.3 is 20.6 Å². The van der Waals surface area contributed by atoms with Crippen LogP contribution in [0.15, 0.2) is 24.3 Å². The number of ketones is 1. The van der Waals surface area contributed by atoms with Crippen molar-refractivity contribution < 1.29 is 32.7 Å². The van der Waals surface area contributed by atoms with Gasteiger partial charge in [0.15, 0.2) is 5.78 Å². The first kappa shape index (κ1) is 25.2. The van der Waals surface area contributed by atoms with E-state index in [0.717, 1.165) is 0 Å². The summed E-state index contributed by atoms with van der Waals surface area (Å²) in [5, 5.41) is 23.4. The maximum Gasteiger partial charge on any atom is 0.394 e. The normalized spacial score (nSPS) is 27.9. The molecule has 0 radical (unpaired) electrons. The molecule has 4 aliphatic rings. The first-order valence-electron chi connectivity index (χ1n) is 11.6. The van der Waals surface area contributed by atoms with Gasteiger partial charge in [-0.1, -0.05) is 18.2 Å². The molecule has 0 spiro atoms. The van der Waals surface area contributed by atoms with Crippen LogP contribution in [0.1, 0.15) is 44.6 Å². The summed E-state index contributed by atoms with van der Waals surface area (Å²) in [6, 6.07) is 5.09. The number of carbonyl (C=O) groups excluding carboxylic acids is 3. The van der Waals surface area contributed by atoms with Crippen molar-refractivity contribution in [3.8, 4) is 0 Å². The summed E-state index contributed by atoms with van der Waals surface area (Å²) in [6.07, 6.45) is -3.55. The van der Waals surface area contributed by atoms with Crippen LogP contribution in [0.25, 0.3) is 0 Å². The maximum absolute atomic E-state index is 13.2. The molecule has 1 aromatic carbocycles. The lowest BCUT2D eigenvalue weighted by Gasteiger charge is -2.72. The van der Waals surface area contributed by atoms with Crippen molar-refractivity contribution in [3.63, 3.8) is 0 Å². The molecule has 190 valence electrons. The first-order valence-corrected chi connectivity index (χ1v) is 11.6. The van der Waals surface area contributed by atoms with Crippen molar-refractivity contribution in [1.82, 2.24) is 10.2 Å². The fraction of sp³-hybridized carbons (Fsp3) is 0.583. The monoisotopic (exact) mass is 494 g/mol. The molecular formula is C24H29F3N4O4. The van der Waals surface area contributed by atoms with E-state index in [9.17, 15) is 32.7 Å². The van der Waals surface area contributed by atoms with E-state index in [4.69, 9.17) is 5.41 Å². The van der Waals surface area contributed by atoms with E-state index >= 15 is 0 Å². The van der Waals surface area contributed by atoms with Gasteiger partial charge in [-0.2, -0.15) is 13.2 Å². The smallest absolute Gasteiger partial charge is 0.394 e. The quantitative estimate of drug-likeness (QED) is 0.392. The predicted molar refractivity (Wildman–Crippen MR) is 121 cm³/mol. The fourth-order valence-electron chi connectivity index (χ4n) is 5.85. The molecule has 4 N–H and O–H groups in total. The lowest BCUT2D eigenvalue weighted by Crippen LogP contribution is -2.75. The number of para-hydroxylation sites is 1. The predicted octanol–water partition coefficient (Wildman–Crippen LogP) is 2.26. The highest BCUT2D eigenvalue weighted by atomic mass is 19.4. The number of nitrogens with zero attached hydrogens (tertiary/aromatic N) is 1. The Morgan fingerprint density at radius 2 is 1.89 bits per heavy atom. The second-order valence-electron chi connectivity index (χ2n) is 9.99. The van der Waals surface area contributed by atoms with Crippen LogP contribution in [-0.2, 0) is 14.4 Å². The number of Topliss-reactive ketones (excluding diaryl/α,β-unsaturated/α-hetero) is 1. The zero-order chi connectivity index (χ0) is 25.6. The van der Waals surface area contributed by atoms with Gasteiger partial charge in [-0.05, 0) is 43.6 Å². The van der Waals surface area contributed by atoms with Gasteiger partial charge in [0.25, 0.3) is 0 Å². The molecule has 2 atom stereocenters. The first-order chi connectivity index (χ1) is 16.4. The van der Waals surface area contributed by atoms with Crippen molar-refractivity contribution >= 4 is 29.0 Å². The molecule has 1 aromatic rings. The summed E-state index contributed by atoms with van der Waals surface area (Å²) < 4.78 is 39.6. The Labute approximate surface area is 200 Å². The SMILES string of the molecule is CC(=O)C(=N)c1ccccc1NCC(=O)N1CCC[C@H]1C(=O)N[C@H](CO)C12CC(C(F)(F)F)(C1)C2. The lowest BCUT2D eigenvalue weighted by molar-refractivity contribution is -0.370. The number of hydrogen-bond donors (Lipinski definition) is 4. The van der Waals surface area contributed by atoms with Gasteiger partial charge in [0, 0.05) is 24.7 Å². The zero-order valence-electron chi connectivity index (χ0n) is 19.4. The van der Waals surface area contributed by atoms with Crippen molar-refractivity contribution in [3.05, 3.63) is 29.8 Å². The molecule has 2 bridgehead atoms. The number of nitrogens with one attached hydrogen (secondary N) is 3. The largest absolute Gasteiger partial charge is 0.394 e. The third kappa shape index (κ3) is 4.30. The number of hydrogen-bond acceptors (Lipinski definition) is 6. The molecule has 4 fully saturated rings. The number of amides is 2. The van der Waals surface area contributed by atoms with E-state index in [-0.39, 0.29) is 37.4 Å². The lowest BCUT2D eigenvalue weighted by atomic mass is 9.33. The highest BCUT2D eigenvalue weighted by molar-refractivity contribution is 6.45. The van der Waals surface area contributed by atoms with Crippen LogP contribution in [0.5, 0.6) is 0 Å². The molecule has 35 heavy (non-hydrogen) atoms. The Balaban J connectivity index is 1.36. The Kier molecular flexibility index (Phi) is 6.41. The number of rotatable bonds is 9. The van der Waals surface area contributed by atoms with E-state index in [1.165, 1.54) is 11.8 Å². The highest BCUT2D eigenvalue weighted by Gasteiger charge is 2.80. The fourth-order valence-corrected chi connectivity index (χ4v) is 5.85. The molecule has 0 unspecified atom stereocenters. The second kappa shape index (κ2) is 8.92. The molecule has 1 heterocycles. The Morgan fingerprint density at radius 1 is 1.23 bits per heavy atom. The van der Waals surface area contributed by atoms with Gasteiger partial charge in [-0.3, -0.25) is 19.8 Å². The number of likely N-dealkylation sites (tertiary alicyclic amines) is 1. The minimum Gasteiger partial charge on any atom is -0.394 e. The number of alkyl halides is 3. The third-order valence-corrected chi connectivity index (χ3v) is 7.77. The van der Waals surface area contributed by atoms with Crippen molar-refractivity contribution in [2.24, 2.45) is 10.8 Å².